The van der Waals surface area contributed by atoms with Gasteiger partial charge in [-0.2, -0.15) is 0 Å². The Morgan fingerprint density at radius 3 is 1.19 bits per heavy atom. The van der Waals surface area contributed by atoms with E-state index in [4.69, 9.17) is 4.74 Å². The van der Waals surface area contributed by atoms with Crippen molar-refractivity contribution in [1.82, 2.24) is 4.57 Å². The van der Waals surface area contributed by atoms with E-state index in [0.29, 0.717) is 22.6 Å². The molecule has 22 heteroatoms. The van der Waals surface area contributed by atoms with Crippen molar-refractivity contribution >= 4 is 157 Å². The summed E-state index contributed by atoms with van der Waals surface area (Å²) in [5.41, 5.74) is 19.2. The van der Waals surface area contributed by atoms with E-state index in [1.165, 1.54) is 76.1 Å². The normalized spacial score (nSPS) is 15.2. The summed E-state index contributed by atoms with van der Waals surface area (Å²) < 4.78 is 117. The first-order valence-corrected chi connectivity index (χ1v) is 51.2. The Bertz CT molecular complexity index is 8130. The first kappa shape index (κ1) is 84.2. The van der Waals surface area contributed by atoms with Crippen molar-refractivity contribution in [2.45, 2.75) is 111 Å². The van der Waals surface area contributed by atoms with Gasteiger partial charge >= 0.3 is 0 Å². The lowest BCUT2D eigenvalue weighted by Crippen LogP contribution is -2.30. The van der Waals surface area contributed by atoms with Crippen molar-refractivity contribution in [2.75, 3.05) is 14.7 Å². The zero-order valence-corrected chi connectivity index (χ0v) is 77.8. The largest absolute Gasteiger partial charge is 0.453 e. The number of carbonyl (C=O) groups is 2. The Labute approximate surface area is 772 Å². The van der Waals surface area contributed by atoms with Crippen LogP contribution in [0.5, 0.6) is 11.5 Å². The van der Waals surface area contributed by atoms with Crippen LogP contribution in [0.1, 0.15) is 109 Å². The number of fused-ring (bicyclic) bond motifs is 13. The van der Waals surface area contributed by atoms with E-state index < -0.39 is 39.3 Å². The molecule has 0 aliphatic carbocycles. The number of ether oxygens (including phenoxy) is 1. The summed E-state index contributed by atoms with van der Waals surface area (Å²) >= 11 is 4.67. The predicted molar refractivity (Wildman–Crippen MR) is 525 cm³/mol. The highest BCUT2D eigenvalue weighted by Gasteiger charge is 2.43. The summed E-state index contributed by atoms with van der Waals surface area (Å²) in [6, 6.07) is 104. The Kier molecular flexibility index (Phi) is 20.1. The van der Waals surface area contributed by atoms with Crippen LogP contribution in [0.4, 0.5) is 50.5 Å². The third-order valence-electron chi connectivity index (χ3n) is 25.2. The highest BCUT2D eigenvalue weighted by molar-refractivity contribution is 7.97. The van der Waals surface area contributed by atoms with Gasteiger partial charge in [-0.15, -0.1) is 34.0 Å². The van der Waals surface area contributed by atoms with Gasteiger partial charge < -0.3 is 24.0 Å². The van der Waals surface area contributed by atoms with Crippen molar-refractivity contribution in [2.24, 2.45) is 0 Å². The predicted octanol–water partition coefficient (Wildman–Crippen LogP) is 27.8. The van der Waals surface area contributed by atoms with Crippen LogP contribution in [0.2, 0.25) is 0 Å². The number of nitrogens with zero attached hydrogens (tertiary/aromatic N) is 4. The Morgan fingerprint density at radius 1 is 0.321 bits per heavy atom. The van der Waals surface area contributed by atoms with Gasteiger partial charge in [0, 0.05) is 60.8 Å². The zero-order valence-electron chi connectivity index (χ0n) is 72.1. The van der Waals surface area contributed by atoms with Crippen LogP contribution in [-0.4, -0.2) is 49.8 Å². The molecular formula is C109H82N4O11S7. The van der Waals surface area contributed by atoms with Crippen molar-refractivity contribution in [3.05, 3.63) is 394 Å². The van der Waals surface area contributed by atoms with Gasteiger partial charge in [-0.1, -0.05) is 231 Å². The quantitative estimate of drug-likeness (QED) is 0.132. The fourth-order valence-electron chi connectivity index (χ4n) is 18.7. The number of para-hydroxylation sites is 8. The summed E-state index contributed by atoms with van der Waals surface area (Å²) in [7, 11) is -15.7. The standard InChI is InChI=1S/C49H42N2O4S2.C32H23NO3S2.C28H17NO4S3/c1-48(2,3)32-20-24-34(25-21-32)50(35-26-22-33(23-27-35)49(4,5)6)47-45(31-19-28-44-37(29-31)46(52)36-13-7-12-18-43(36)57(44,53)54)40(30-56-47)51-38-14-8-10-16-41(38)55-42-17-11-9-15-39(42)51;1-32(2)23-10-4-6-12-25(23)33(26-13-7-5-11-24(26)32)27-17-18-37-31(27)20-15-16-29-22(19-20)30(34)21-9-3-8-14-28(21)38(29,35)36;30-35(31)24-11-5-6-12-25(24)36(32,33)27-17-18(13-14-26(27)35)28-23(15-16-34-28)29-21-9-3-1-7-19(21)20-8-2-4-10-22(20)29/h7-30H,1-6H3;3-19H,1-2H3;1-17H. The second-order valence-electron chi connectivity index (χ2n) is 35.4. The average molecular weight is 1850 g/mol. The van der Waals surface area contributed by atoms with Gasteiger partial charge in [-0.3, -0.25) is 9.59 Å². The molecule has 0 N–H and O–H groups in total. The first-order chi connectivity index (χ1) is 62.9. The van der Waals surface area contributed by atoms with Crippen LogP contribution >= 0.6 is 34.0 Å². The molecular weight excluding hydrogens is 1770 g/mol. The molecule has 131 heavy (non-hydrogen) atoms. The van der Waals surface area contributed by atoms with Crippen LogP contribution in [0.15, 0.2) is 389 Å². The van der Waals surface area contributed by atoms with E-state index >= 15 is 0 Å². The fourth-order valence-corrected chi connectivity index (χ4v) is 29.0. The topological polar surface area (TPSA) is 195 Å². The fraction of sp³-hybridized carbons (Fsp3) is 0.101. The van der Waals surface area contributed by atoms with E-state index in [1.807, 2.05) is 102 Å². The number of hydrogen-bond acceptors (Lipinski definition) is 17. The molecule has 4 aromatic heterocycles. The molecule has 5 aliphatic rings. The number of aromatic nitrogens is 1. The number of sulfone groups is 4. The summed E-state index contributed by atoms with van der Waals surface area (Å²) in [5, 5.41) is 9.32. The molecule has 0 spiro atoms. The van der Waals surface area contributed by atoms with Crippen molar-refractivity contribution < 1.29 is 48.0 Å². The number of ketones is 2. The minimum atomic E-state index is -4.00. The molecule has 14 aromatic carbocycles. The molecule has 0 bridgehead atoms. The van der Waals surface area contributed by atoms with Gasteiger partial charge in [0.25, 0.3) is 0 Å². The SMILES string of the molecule is CC(C)(C)c1ccc(N(c2ccc(C(C)(C)C)cc2)c2scc(N3c4ccccc4Oc4ccccc43)c2-c2ccc3c(c2)C(=O)c2ccccc2S3(=O)=O)cc1.CC1(C)c2ccccc2N(c2ccsc2-c2ccc3c(c2)C(=O)c2ccccc2S3(=O)=O)c2ccccc21.O=S1(=O)c2ccccc2S(=O)(=O)c2cc(-c3sccc3-n3c4ccccc4c4ccccc43)ccc21. The lowest BCUT2D eigenvalue weighted by molar-refractivity contribution is 0.102. The molecule has 0 saturated carbocycles. The molecule has 0 atom stereocenters. The third-order valence-corrected chi connectivity index (χ3v) is 35.8. The van der Waals surface area contributed by atoms with E-state index in [-0.39, 0.29) is 89.2 Å². The lowest BCUT2D eigenvalue weighted by atomic mass is 9.73. The molecule has 5 aliphatic heterocycles. The second kappa shape index (κ2) is 31.3. The summed E-state index contributed by atoms with van der Waals surface area (Å²) in [5.74, 6) is 0.849. The average Bonchev–Trinajstić information content (AvgIpc) is 1.33. The number of anilines is 9. The molecule has 9 heterocycles. The number of thiophene rings is 3. The number of hydrogen-bond donors (Lipinski definition) is 0. The van der Waals surface area contributed by atoms with E-state index in [1.54, 1.807) is 95.5 Å². The first-order valence-electron chi connectivity index (χ1n) is 42.6. The number of carbonyl (C=O) groups excluding carboxylic acids is 2. The van der Waals surface area contributed by atoms with Crippen LogP contribution in [0.25, 0.3) is 59.5 Å². The maximum Gasteiger partial charge on any atom is 0.209 e. The van der Waals surface area contributed by atoms with Crippen molar-refractivity contribution in [3.8, 4) is 49.2 Å². The Balaban J connectivity index is 0.000000123. The Hall–Kier alpha value is -13.7. The zero-order chi connectivity index (χ0) is 90.7. The maximum atomic E-state index is 14.2. The molecule has 18 aromatic rings. The molecule has 0 fully saturated rings. The molecule has 0 unspecified atom stereocenters. The van der Waals surface area contributed by atoms with Gasteiger partial charge in [-0.25, -0.2) is 33.7 Å². The Morgan fingerprint density at radius 2 is 0.687 bits per heavy atom. The molecule has 0 saturated heterocycles. The van der Waals surface area contributed by atoms with E-state index in [2.05, 4.69) is 207 Å². The third kappa shape index (κ3) is 13.7. The van der Waals surface area contributed by atoms with Gasteiger partial charge in [0.2, 0.25) is 39.3 Å². The highest BCUT2D eigenvalue weighted by atomic mass is 32.2. The number of benzene rings is 14. The minimum Gasteiger partial charge on any atom is -0.453 e. The summed E-state index contributed by atoms with van der Waals surface area (Å²) in [6.45, 7) is 17.8. The molecule has 23 rings (SSSR count). The molecule has 0 amide bonds. The lowest BCUT2D eigenvalue weighted by Gasteiger charge is -2.42. The van der Waals surface area contributed by atoms with Crippen LogP contribution in [0.3, 0.4) is 0 Å². The highest BCUT2D eigenvalue weighted by Crippen LogP contribution is 2.60. The van der Waals surface area contributed by atoms with E-state index in [0.717, 1.165) is 98.9 Å². The summed E-state index contributed by atoms with van der Waals surface area (Å²) in [4.78, 5) is 35.7. The number of rotatable bonds is 9. The molecule has 15 nitrogen and oxygen atoms in total. The van der Waals surface area contributed by atoms with Crippen molar-refractivity contribution in [3.63, 3.8) is 0 Å². The molecule has 646 valence electrons. The monoisotopic (exact) mass is 1850 g/mol. The van der Waals surface area contributed by atoms with Gasteiger partial charge in [0.1, 0.15) is 5.00 Å². The van der Waals surface area contributed by atoms with Crippen LogP contribution in [0, 0.1) is 0 Å². The van der Waals surface area contributed by atoms with Gasteiger partial charge in [-0.05, 0) is 218 Å². The minimum absolute atomic E-state index is 0.0164. The van der Waals surface area contributed by atoms with E-state index in [9.17, 15) is 43.3 Å². The maximum absolute atomic E-state index is 14.2. The van der Waals surface area contributed by atoms with Crippen LogP contribution in [-0.2, 0) is 55.6 Å². The molecule has 0 radical (unpaired) electrons. The van der Waals surface area contributed by atoms with Gasteiger partial charge in [0.15, 0.2) is 23.1 Å². The summed E-state index contributed by atoms with van der Waals surface area (Å²) in [6.07, 6.45) is 0. The van der Waals surface area contributed by atoms with Crippen LogP contribution < -0.4 is 19.4 Å². The van der Waals surface area contributed by atoms with Crippen molar-refractivity contribution in [1.29, 1.82) is 0 Å². The smallest absolute Gasteiger partial charge is 0.209 e. The second-order valence-corrected chi connectivity index (χ2v) is 45.7. The van der Waals surface area contributed by atoms with Gasteiger partial charge in [0.05, 0.1) is 99.8 Å².